The van der Waals surface area contributed by atoms with Crippen LogP contribution in [0.1, 0.15) is 48.3 Å². The van der Waals surface area contributed by atoms with Crippen molar-refractivity contribution in [3.8, 4) is 5.75 Å². The molecule has 1 aromatic carbocycles. The number of rotatable bonds is 3. The van der Waals surface area contributed by atoms with Gasteiger partial charge in [-0.05, 0) is 49.1 Å². The minimum absolute atomic E-state index is 0.0177. The van der Waals surface area contributed by atoms with E-state index in [1.165, 1.54) is 0 Å². The Hall–Kier alpha value is -1.65. The Morgan fingerprint density at radius 2 is 2.00 bits per heavy atom. The van der Waals surface area contributed by atoms with Crippen LogP contribution in [0.4, 0.5) is 8.78 Å². The molecule has 5 heteroatoms. The van der Waals surface area contributed by atoms with Crippen molar-refractivity contribution in [2.24, 2.45) is 5.41 Å². The Balaban J connectivity index is 1.77. The zero-order valence-corrected chi connectivity index (χ0v) is 11.5. The van der Waals surface area contributed by atoms with Gasteiger partial charge in [0, 0.05) is 12.0 Å². The molecule has 0 radical (unpaired) electrons. The third-order valence-electron chi connectivity index (χ3n) is 5.28. The van der Waals surface area contributed by atoms with Crippen LogP contribution < -0.4 is 4.74 Å². The van der Waals surface area contributed by atoms with Crippen molar-refractivity contribution in [3.63, 3.8) is 0 Å². The largest absolute Gasteiger partial charge is 0.490 e. The molecule has 4 rings (SSSR count). The first-order chi connectivity index (χ1) is 10.0. The number of hydrogen-bond donors (Lipinski definition) is 1. The van der Waals surface area contributed by atoms with Crippen LogP contribution in [-0.2, 0) is 17.6 Å². The second-order valence-electron chi connectivity index (χ2n) is 6.45. The lowest BCUT2D eigenvalue weighted by Crippen LogP contribution is -2.18. The summed E-state index contributed by atoms with van der Waals surface area (Å²) in [6.07, 6.45) is 3.70. The maximum absolute atomic E-state index is 14.2. The molecule has 0 bridgehead atoms. The zero-order chi connectivity index (χ0) is 14.8. The lowest BCUT2D eigenvalue weighted by molar-refractivity contribution is -0.143. The van der Waals surface area contributed by atoms with E-state index in [9.17, 15) is 18.7 Å². The van der Waals surface area contributed by atoms with Crippen molar-refractivity contribution in [3.05, 3.63) is 28.3 Å². The molecule has 3 nitrogen and oxygen atoms in total. The summed E-state index contributed by atoms with van der Waals surface area (Å²) in [6.45, 7) is 0.374. The number of fused-ring (bicyclic) bond motifs is 3. The van der Waals surface area contributed by atoms with Crippen LogP contribution in [0.3, 0.4) is 0 Å². The molecule has 112 valence electrons. The summed E-state index contributed by atoms with van der Waals surface area (Å²) in [5, 5.41) is 9.35. The monoisotopic (exact) mass is 294 g/mol. The highest BCUT2D eigenvalue weighted by Gasteiger charge is 2.52. The molecule has 1 N–H and O–H groups in total. The Kier molecular flexibility index (Phi) is 2.60. The van der Waals surface area contributed by atoms with Gasteiger partial charge in [-0.25, -0.2) is 4.39 Å². The van der Waals surface area contributed by atoms with E-state index in [4.69, 9.17) is 4.74 Å². The van der Waals surface area contributed by atoms with E-state index < -0.39 is 23.0 Å². The Morgan fingerprint density at radius 3 is 2.67 bits per heavy atom. The third-order valence-corrected chi connectivity index (χ3v) is 5.28. The number of carboxylic acid groups (broad SMARTS) is 1. The highest BCUT2D eigenvalue weighted by atomic mass is 19.2. The topological polar surface area (TPSA) is 46.5 Å². The van der Waals surface area contributed by atoms with E-state index in [0.717, 1.165) is 11.1 Å². The smallest absolute Gasteiger partial charge is 0.309 e. The molecule has 1 aliphatic heterocycles. The molecule has 0 unspecified atom stereocenters. The molecule has 0 saturated heterocycles. The average molecular weight is 294 g/mol. The highest BCUT2D eigenvalue weighted by Crippen LogP contribution is 2.56. The van der Waals surface area contributed by atoms with Gasteiger partial charge < -0.3 is 9.84 Å². The van der Waals surface area contributed by atoms with Crippen LogP contribution in [0, 0.1) is 17.0 Å². The number of halogens is 2. The van der Waals surface area contributed by atoms with Crippen molar-refractivity contribution < 1.29 is 23.4 Å². The summed E-state index contributed by atoms with van der Waals surface area (Å²) in [4.78, 5) is 11.4. The van der Waals surface area contributed by atoms with E-state index in [-0.39, 0.29) is 11.7 Å². The van der Waals surface area contributed by atoms with Crippen molar-refractivity contribution in [1.29, 1.82) is 0 Å². The Labute approximate surface area is 120 Å². The average Bonchev–Trinajstić information content (AvgIpc) is 2.90. The van der Waals surface area contributed by atoms with Gasteiger partial charge in [0.1, 0.15) is 0 Å². The summed E-state index contributed by atoms with van der Waals surface area (Å²) in [5.41, 5.74) is 1.42. The summed E-state index contributed by atoms with van der Waals surface area (Å²) in [6, 6.07) is 0. The van der Waals surface area contributed by atoms with Gasteiger partial charge in [0.25, 0.3) is 0 Å². The molecule has 3 aliphatic rings. The molecular formula is C16H16F2O3. The van der Waals surface area contributed by atoms with Crippen LogP contribution in [0.25, 0.3) is 0 Å². The van der Waals surface area contributed by atoms with Crippen LogP contribution in [0.5, 0.6) is 5.75 Å². The normalized spacial score (nSPS) is 24.4. The third kappa shape index (κ3) is 1.72. The molecule has 21 heavy (non-hydrogen) atoms. The molecule has 2 aliphatic carbocycles. The number of carboxylic acids is 1. The fraction of sp³-hybridized carbons (Fsp3) is 0.562. The van der Waals surface area contributed by atoms with Gasteiger partial charge in [-0.15, -0.1) is 0 Å². The first kappa shape index (κ1) is 13.0. The Bertz CT molecular complexity index is 650. The van der Waals surface area contributed by atoms with Crippen LogP contribution in [-0.4, -0.2) is 17.7 Å². The minimum atomic E-state index is -0.874. The predicted octanol–water partition coefficient (Wildman–Crippen LogP) is 3.18. The van der Waals surface area contributed by atoms with Gasteiger partial charge in [0.05, 0.1) is 12.0 Å². The number of hydrogen-bond acceptors (Lipinski definition) is 2. The number of carbonyl (C=O) groups is 1. The second kappa shape index (κ2) is 4.18. The lowest BCUT2D eigenvalue weighted by atomic mass is 9.85. The van der Waals surface area contributed by atoms with Crippen LogP contribution in [0.2, 0.25) is 0 Å². The summed E-state index contributed by atoms with van der Waals surface area (Å²) in [5.74, 6) is -2.36. The van der Waals surface area contributed by atoms with Crippen LogP contribution in [0.15, 0.2) is 0 Å². The SMILES string of the molecule is O=C(O)C1(C[C@@H]2CCc3c(F)c(F)c4c(c32)CCO4)CC1. The van der Waals surface area contributed by atoms with Crippen molar-refractivity contribution in [2.45, 2.75) is 44.4 Å². The summed E-state index contributed by atoms with van der Waals surface area (Å²) < 4.78 is 33.4. The molecule has 0 spiro atoms. The minimum Gasteiger partial charge on any atom is -0.490 e. The first-order valence-corrected chi connectivity index (χ1v) is 7.42. The van der Waals surface area contributed by atoms with E-state index in [1.807, 2.05) is 0 Å². The number of aliphatic carboxylic acids is 1. The van der Waals surface area contributed by atoms with Gasteiger partial charge in [0.2, 0.25) is 5.82 Å². The fourth-order valence-electron chi connectivity index (χ4n) is 3.97. The molecular weight excluding hydrogens is 278 g/mol. The van der Waals surface area contributed by atoms with E-state index in [1.54, 1.807) is 0 Å². The standard InChI is InChI=1S/C16H16F2O3/c17-12-9-2-1-8(7-16(4-5-16)15(19)20)11(9)10-3-6-21-14(10)13(12)18/h8H,1-7H2,(H,19,20)/t8-/m0/s1. The van der Waals surface area contributed by atoms with Gasteiger partial charge in [-0.1, -0.05) is 0 Å². The quantitative estimate of drug-likeness (QED) is 0.931. The molecule has 1 saturated carbocycles. The van der Waals surface area contributed by atoms with E-state index >= 15 is 0 Å². The van der Waals surface area contributed by atoms with Gasteiger partial charge in [-0.2, -0.15) is 4.39 Å². The summed E-state index contributed by atoms with van der Waals surface area (Å²) >= 11 is 0. The molecule has 1 aromatic rings. The number of benzene rings is 1. The lowest BCUT2D eigenvalue weighted by Gasteiger charge is -2.19. The first-order valence-electron chi connectivity index (χ1n) is 7.42. The van der Waals surface area contributed by atoms with Crippen molar-refractivity contribution >= 4 is 5.97 Å². The van der Waals surface area contributed by atoms with Gasteiger partial charge >= 0.3 is 5.97 Å². The molecule has 1 atom stereocenters. The van der Waals surface area contributed by atoms with Crippen LogP contribution >= 0.6 is 0 Å². The van der Waals surface area contributed by atoms with E-state index in [2.05, 4.69) is 0 Å². The van der Waals surface area contributed by atoms with E-state index in [0.29, 0.717) is 50.7 Å². The zero-order valence-electron chi connectivity index (χ0n) is 11.5. The molecule has 1 fully saturated rings. The summed E-state index contributed by atoms with van der Waals surface area (Å²) in [7, 11) is 0. The van der Waals surface area contributed by atoms with Gasteiger partial charge in [0.15, 0.2) is 11.6 Å². The maximum Gasteiger partial charge on any atom is 0.309 e. The fourth-order valence-corrected chi connectivity index (χ4v) is 3.97. The van der Waals surface area contributed by atoms with Crippen molar-refractivity contribution in [1.82, 2.24) is 0 Å². The highest BCUT2D eigenvalue weighted by molar-refractivity contribution is 5.78. The number of ether oxygens (including phenoxy) is 1. The molecule has 1 heterocycles. The predicted molar refractivity (Wildman–Crippen MR) is 70.5 cm³/mol. The Morgan fingerprint density at radius 1 is 1.24 bits per heavy atom. The molecule has 0 aromatic heterocycles. The molecule has 0 amide bonds. The van der Waals surface area contributed by atoms with Crippen molar-refractivity contribution in [2.75, 3.05) is 6.61 Å². The van der Waals surface area contributed by atoms with Gasteiger partial charge in [-0.3, -0.25) is 4.79 Å². The second-order valence-corrected chi connectivity index (χ2v) is 6.45. The maximum atomic E-state index is 14.2.